The number of aliphatic hydroxyl groups is 1. The van der Waals surface area contributed by atoms with Gasteiger partial charge in [-0.3, -0.25) is 13.8 Å². The maximum atomic E-state index is 12.9. The number of hydrogen-bond donors (Lipinski definition) is 3. The van der Waals surface area contributed by atoms with Gasteiger partial charge in [0.15, 0.2) is 0 Å². The van der Waals surface area contributed by atoms with E-state index in [0.29, 0.717) is 17.4 Å². The molecule has 0 spiro atoms. The molecule has 0 aliphatic rings. The van der Waals surface area contributed by atoms with Crippen LogP contribution in [0.5, 0.6) is 0 Å². The van der Waals surface area contributed by atoms with Crippen LogP contribution < -0.4 is 5.32 Å². The Bertz CT molecular complexity index is 1230. The molecule has 374 valence electrons. The van der Waals surface area contributed by atoms with Gasteiger partial charge in [-0.15, -0.1) is 0 Å². The number of amides is 1. The second kappa shape index (κ2) is 46.3. The molecule has 0 aromatic carbocycles. The number of nitrogens with one attached hydrogen (secondary N) is 1. The Kier molecular flexibility index (Phi) is 45.0. The van der Waals surface area contributed by atoms with E-state index < -0.39 is 20.0 Å². The van der Waals surface area contributed by atoms with E-state index in [1.807, 2.05) is 27.2 Å². The predicted octanol–water partition coefficient (Wildman–Crippen LogP) is 15.8. The first kappa shape index (κ1) is 62.2. The molecule has 0 saturated heterocycles. The standard InChI is InChI=1S/C55H103N2O6P/c1-6-8-10-12-14-16-18-20-22-24-26-28-30-32-34-36-38-40-42-44-46-48-54(58)53(52-63-64(60,61)62-51-50-57(3,4)5)56-55(59)49-47-45-43-41-39-37-35-33-31-29-27-25-23-21-19-17-15-13-11-9-7-2/h19,21,25,27,30,32,38,40,46,48,53-54,58H,6-18,20,22-24,26,28-29,31,33-37,39,41-45,47,49-52H2,1-5H3,(H-,56,59,60,61)/p+1/b21-19-,27-25-,32-30+,40-38+,48-46+. The lowest BCUT2D eigenvalue weighted by Crippen LogP contribution is -2.45. The van der Waals surface area contributed by atoms with Crippen molar-refractivity contribution < 1.29 is 32.9 Å². The van der Waals surface area contributed by atoms with E-state index in [-0.39, 0.29) is 19.1 Å². The second-order valence-electron chi connectivity index (χ2n) is 19.2. The monoisotopic (exact) mass is 920 g/mol. The van der Waals surface area contributed by atoms with Crippen molar-refractivity contribution in [3.8, 4) is 0 Å². The van der Waals surface area contributed by atoms with Crippen LogP contribution in [-0.4, -0.2) is 73.4 Å². The number of aliphatic hydroxyl groups excluding tert-OH is 1. The van der Waals surface area contributed by atoms with E-state index in [1.165, 1.54) is 161 Å². The van der Waals surface area contributed by atoms with Gasteiger partial charge >= 0.3 is 7.82 Å². The zero-order valence-corrected chi connectivity index (χ0v) is 43.4. The van der Waals surface area contributed by atoms with Crippen LogP contribution in [0.3, 0.4) is 0 Å². The number of allylic oxidation sites excluding steroid dienone is 9. The summed E-state index contributed by atoms with van der Waals surface area (Å²) >= 11 is 0. The molecule has 3 N–H and O–H groups in total. The number of rotatable bonds is 48. The van der Waals surface area contributed by atoms with E-state index in [4.69, 9.17) is 9.05 Å². The maximum absolute atomic E-state index is 12.9. The molecule has 0 aliphatic heterocycles. The molecule has 9 heteroatoms. The van der Waals surface area contributed by atoms with Gasteiger partial charge in [0, 0.05) is 6.42 Å². The van der Waals surface area contributed by atoms with E-state index in [2.05, 4.69) is 67.8 Å². The maximum Gasteiger partial charge on any atom is 0.472 e. The fourth-order valence-corrected chi connectivity index (χ4v) is 8.19. The van der Waals surface area contributed by atoms with Gasteiger partial charge in [0.2, 0.25) is 5.91 Å². The molecule has 0 aromatic rings. The van der Waals surface area contributed by atoms with Crippen molar-refractivity contribution in [3.63, 3.8) is 0 Å². The Labute approximate surface area is 396 Å². The van der Waals surface area contributed by atoms with Crippen molar-refractivity contribution >= 4 is 13.7 Å². The molecule has 64 heavy (non-hydrogen) atoms. The third-order valence-electron chi connectivity index (χ3n) is 11.7. The summed E-state index contributed by atoms with van der Waals surface area (Å²) in [5.41, 5.74) is 0. The number of phosphoric ester groups is 1. The Hall–Kier alpha value is -1.80. The first-order valence-corrected chi connectivity index (χ1v) is 28.2. The highest BCUT2D eigenvalue weighted by Crippen LogP contribution is 2.43. The summed E-state index contributed by atoms with van der Waals surface area (Å²) in [5.74, 6) is -0.196. The van der Waals surface area contributed by atoms with Gasteiger partial charge in [-0.25, -0.2) is 4.57 Å². The van der Waals surface area contributed by atoms with Gasteiger partial charge < -0.3 is 19.8 Å². The minimum absolute atomic E-state index is 0.0508. The summed E-state index contributed by atoms with van der Waals surface area (Å²) in [7, 11) is 1.54. The van der Waals surface area contributed by atoms with Gasteiger partial charge in [-0.05, 0) is 77.0 Å². The predicted molar refractivity (Wildman–Crippen MR) is 277 cm³/mol. The van der Waals surface area contributed by atoms with Crippen LogP contribution in [0.25, 0.3) is 0 Å². The summed E-state index contributed by atoms with van der Waals surface area (Å²) in [6.45, 7) is 4.78. The molecule has 0 radical (unpaired) electrons. The largest absolute Gasteiger partial charge is 0.472 e. The SMILES string of the molecule is CCCCCCC/C=C\C/C=C\CCCCCCCCCCCC(=O)NC(COP(=O)(O)OCC[N+](C)(C)C)C(O)/C=C/CC/C=C/CC/C=C/CCCCCCCCCCCCC. The fraction of sp³-hybridized carbons (Fsp3) is 0.800. The van der Waals surface area contributed by atoms with Crippen LogP contribution in [0.4, 0.5) is 0 Å². The van der Waals surface area contributed by atoms with Crippen molar-refractivity contribution in [1.29, 1.82) is 0 Å². The molecule has 3 atom stereocenters. The lowest BCUT2D eigenvalue weighted by molar-refractivity contribution is -0.870. The quantitative estimate of drug-likeness (QED) is 0.0243. The summed E-state index contributed by atoms with van der Waals surface area (Å²) in [5, 5.41) is 13.9. The summed E-state index contributed by atoms with van der Waals surface area (Å²) < 4.78 is 23.6. The van der Waals surface area contributed by atoms with Crippen molar-refractivity contribution in [3.05, 3.63) is 60.8 Å². The first-order valence-electron chi connectivity index (χ1n) is 26.7. The van der Waals surface area contributed by atoms with Crippen LogP contribution in [-0.2, 0) is 18.4 Å². The number of unbranched alkanes of at least 4 members (excludes halogenated alkanes) is 27. The molecule has 0 saturated carbocycles. The van der Waals surface area contributed by atoms with Crippen LogP contribution >= 0.6 is 7.82 Å². The third-order valence-corrected chi connectivity index (χ3v) is 12.7. The smallest absolute Gasteiger partial charge is 0.387 e. The van der Waals surface area contributed by atoms with Crippen molar-refractivity contribution in [2.75, 3.05) is 40.9 Å². The van der Waals surface area contributed by atoms with Gasteiger partial charge in [-0.2, -0.15) is 0 Å². The second-order valence-corrected chi connectivity index (χ2v) is 20.7. The zero-order valence-electron chi connectivity index (χ0n) is 42.5. The first-order chi connectivity index (χ1) is 31.0. The minimum atomic E-state index is -4.36. The average Bonchev–Trinajstić information content (AvgIpc) is 3.25. The van der Waals surface area contributed by atoms with Crippen LogP contribution in [0.15, 0.2) is 60.8 Å². The zero-order chi connectivity index (χ0) is 47.1. The molecule has 0 fully saturated rings. The summed E-state index contributed by atoms with van der Waals surface area (Å²) in [6.07, 6.45) is 61.6. The number of phosphoric acid groups is 1. The highest BCUT2D eigenvalue weighted by Gasteiger charge is 2.27. The van der Waals surface area contributed by atoms with E-state index >= 15 is 0 Å². The topological polar surface area (TPSA) is 105 Å². The molecule has 1 amide bonds. The van der Waals surface area contributed by atoms with Gasteiger partial charge in [0.25, 0.3) is 0 Å². The highest BCUT2D eigenvalue weighted by molar-refractivity contribution is 7.47. The molecular weight excluding hydrogens is 816 g/mol. The Morgan fingerprint density at radius 3 is 1.34 bits per heavy atom. The van der Waals surface area contributed by atoms with Crippen molar-refractivity contribution in [2.45, 2.75) is 244 Å². The van der Waals surface area contributed by atoms with Gasteiger partial charge in [-0.1, -0.05) is 209 Å². The Morgan fingerprint density at radius 1 is 0.531 bits per heavy atom. The van der Waals surface area contributed by atoms with Crippen molar-refractivity contribution in [1.82, 2.24) is 5.32 Å². The summed E-state index contributed by atoms with van der Waals surface area (Å²) in [4.78, 5) is 23.2. The van der Waals surface area contributed by atoms with E-state index in [9.17, 15) is 19.4 Å². The number of carbonyl (C=O) groups is 1. The molecular formula is C55H104N2O6P+. The molecule has 3 unspecified atom stereocenters. The Balaban J connectivity index is 4.38. The summed E-state index contributed by atoms with van der Waals surface area (Å²) in [6, 6.07) is -0.874. The van der Waals surface area contributed by atoms with Crippen LogP contribution in [0.2, 0.25) is 0 Å². The number of hydrogen-bond acceptors (Lipinski definition) is 5. The van der Waals surface area contributed by atoms with Crippen LogP contribution in [0, 0.1) is 0 Å². The highest BCUT2D eigenvalue weighted by atomic mass is 31.2. The van der Waals surface area contributed by atoms with E-state index in [1.54, 1.807) is 6.08 Å². The molecule has 0 bridgehead atoms. The minimum Gasteiger partial charge on any atom is -0.387 e. The van der Waals surface area contributed by atoms with E-state index in [0.717, 1.165) is 51.4 Å². The molecule has 0 aliphatic carbocycles. The molecule has 0 aromatic heterocycles. The van der Waals surface area contributed by atoms with Gasteiger partial charge in [0.05, 0.1) is 39.9 Å². The van der Waals surface area contributed by atoms with Crippen LogP contribution in [0.1, 0.15) is 232 Å². The molecule has 0 heterocycles. The number of nitrogens with zero attached hydrogens (tertiary/aromatic N) is 1. The Morgan fingerprint density at radius 2 is 0.906 bits per heavy atom. The molecule has 8 nitrogen and oxygen atoms in total. The van der Waals surface area contributed by atoms with Crippen molar-refractivity contribution in [2.24, 2.45) is 0 Å². The average molecular weight is 920 g/mol. The lowest BCUT2D eigenvalue weighted by Gasteiger charge is -2.25. The third kappa shape index (κ3) is 48.1. The fourth-order valence-electron chi connectivity index (χ4n) is 7.46. The normalized spacial score (nSPS) is 14.5. The number of likely N-dealkylation sites (N-methyl/N-ethyl adjacent to an activating group) is 1. The number of carbonyl (C=O) groups excluding carboxylic acids is 1. The molecule has 0 rings (SSSR count). The lowest BCUT2D eigenvalue weighted by atomic mass is 10.1. The van der Waals surface area contributed by atoms with Gasteiger partial charge in [0.1, 0.15) is 13.2 Å². The number of quaternary nitrogens is 1.